The molecule has 0 radical (unpaired) electrons. The highest BCUT2D eigenvalue weighted by Gasteiger charge is 2.10. The number of hydrogen-bond donors (Lipinski definition) is 2. The first-order chi connectivity index (χ1) is 12.2. The predicted molar refractivity (Wildman–Crippen MR) is 98.5 cm³/mol. The molecule has 0 aromatic heterocycles. The highest BCUT2D eigenvalue weighted by atomic mass is 35.5. The summed E-state index contributed by atoms with van der Waals surface area (Å²) in [6.07, 6.45) is 2.10. The van der Waals surface area contributed by atoms with E-state index < -0.39 is 5.91 Å². The molecule has 0 spiro atoms. The standard InChI is InChI=1S/C19H18ClN3O2/c1-25-18-9-5-2-6-14(18)10-11-22-13-15(12-21)19(24)23-17-8-4-3-7-16(17)20/h2-9,13,22H,10-11H2,1H3,(H,23,24)/b15-13-. The number of nitrogens with one attached hydrogen (secondary N) is 2. The minimum atomic E-state index is -0.514. The number of carbonyl (C=O) groups excluding carboxylic acids is 1. The molecule has 0 fully saturated rings. The summed E-state index contributed by atoms with van der Waals surface area (Å²) >= 11 is 5.99. The molecule has 0 aliphatic rings. The Bertz CT molecular complexity index is 812. The number of amides is 1. The van der Waals surface area contributed by atoms with Crippen molar-refractivity contribution in [3.63, 3.8) is 0 Å². The highest BCUT2D eigenvalue weighted by molar-refractivity contribution is 6.33. The Morgan fingerprint density at radius 2 is 1.96 bits per heavy atom. The van der Waals surface area contributed by atoms with Gasteiger partial charge < -0.3 is 15.4 Å². The van der Waals surface area contributed by atoms with Crippen LogP contribution in [0.15, 0.2) is 60.3 Å². The minimum absolute atomic E-state index is 0.0278. The average Bonchev–Trinajstić information content (AvgIpc) is 2.64. The smallest absolute Gasteiger partial charge is 0.267 e. The summed E-state index contributed by atoms with van der Waals surface area (Å²) in [5, 5.41) is 15.2. The number of hydrogen-bond acceptors (Lipinski definition) is 4. The maximum absolute atomic E-state index is 12.1. The first kappa shape index (κ1) is 18.4. The summed E-state index contributed by atoms with van der Waals surface area (Å²) in [7, 11) is 1.62. The summed E-state index contributed by atoms with van der Waals surface area (Å²) in [6.45, 7) is 0.560. The summed E-state index contributed by atoms with van der Waals surface area (Å²) in [6, 6.07) is 16.4. The maximum atomic E-state index is 12.1. The molecule has 0 unspecified atom stereocenters. The van der Waals surface area contributed by atoms with Crippen molar-refractivity contribution in [1.29, 1.82) is 5.26 Å². The van der Waals surface area contributed by atoms with Gasteiger partial charge in [-0.25, -0.2) is 0 Å². The van der Waals surface area contributed by atoms with Crippen LogP contribution < -0.4 is 15.4 Å². The van der Waals surface area contributed by atoms with Crippen molar-refractivity contribution in [3.05, 3.63) is 70.9 Å². The SMILES string of the molecule is COc1ccccc1CCN/C=C(/C#N)C(=O)Nc1ccccc1Cl. The van der Waals surface area contributed by atoms with Gasteiger partial charge in [0.2, 0.25) is 0 Å². The number of nitrogens with zero attached hydrogens (tertiary/aromatic N) is 1. The van der Waals surface area contributed by atoms with Crippen LogP contribution in [0.5, 0.6) is 5.75 Å². The largest absolute Gasteiger partial charge is 0.496 e. The van der Waals surface area contributed by atoms with Crippen molar-refractivity contribution in [2.45, 2.75) is 6.42 Å². The zero-order valence-corrected chi connectivity index (χ0v) is 14.5. The second-order valence-electron chi connectivity index (χ2n) is 5.12. The third-order valence-electron chi connectivity index (χ3n) is 3.46. The van der Waals surface area contributed by atoms with E-state index in [1.165, 1.54) is 6.20 Å². The lowest BCUT2D eigenvalue weighted by Gasteiger charge is -2.08. The Kier molecular flexibility index (Phi) is 6.87. The highest BCUT2D eigenvalue weighted by Crippen LogP contribution is 2.21. The number of anilines is 1. The van der Waals surface area contributed by atoms with Crippen LogP contribution in [-0.2, 0) is 11.2 Å². The molecule has 0 bridgehead atoms. The Labute approximate surface area is 151 Å². The lowest BCUT2D eigenvalue weighted by Crippen LogP contribution is -2.18. The van der Waals surface area contributed by atoms with Crippen LogP contribution in [0.2, 0.25) is 5.02 Å². The van der Waals surface area contributed by atoms with Crippen LogP contribution in [-0.4, -0.2) is 19.6 Å². The van der Waals surface area contributed by atoms with Gasteiger partial charge in [0.25, 0.3) is 5.91 Å². The maximum Gasteiger partial charge on any atom is 0.267 e. The topological polar surface area (TPSA) is 74.1 Å². The van der Waals surface area contributed by atoms with Crippen molar-refractivity contribution >= 4 is 23.2 Å². The van der Waals surface area contributed by atoms with E-state index in [1.54, 1.807) is 31.4 Å². The summed E-state index contributed by atoms with van der Waals surface area (Å²) < 4.78 is 5.29. The van der Waals surface area contributed by atoms with Gasteiger partial charge in [-0.15, -0.1) is 0 Å². The molecule has 0 aliphatic carbocycles. The molecular weight excluding hydrogens is 338 g/mol. The number of nitriles is 1. The fourth-order valence-electron chi connectivity index (χ4n) is 2.19. The van der Waals surface area contributed by atoms with Crippen LogP contribution in [0.25, 0.3) is 0 Å². The van der Waals surface area contributed by atoms with Gasteiger partial charge in [0.15, 0.2) is 0 Å². The molecule has 2 rings (SSSR count). The molecular formula is C19H18ClN3O2. The van der Waals surface area contributed by atoms with Crippen LogP contribution in [0.4, 0.5) is 5.69 Å². The van der Waals surface area contributed by atoms with Gasteiger partial charge in [0.05, 0.1) is 17.8 Å². The average molecular weight is 356 g/mol. The van der Waals surface area contributed by atoms with E-state index in [0.717, 1.165) is 11.3 Å². The third kappa shape index (κ3) is 5.27. The molecule has 128 valence electrons. The Hall–Kier alpha value is -2.97. The van der Waals surface area contributed by atoms with E-state index in [-0.39, 0.29) is 5.57 Å². The molecule has 0 saturated heterocycles. The van der Waals surface area contributed by atoms with Crippen molar-refractivity contribution < 1.29 is 9.53 Å². The molecule has 5 nitrogen and oxygen atoms in total. The second kappa shape index (κ2) is 9.36. The molecule has 0 atom stereocenters. The molecule has 0 saturated carbocycles. The van der Waals surface area contributed by atoms with Crippen molar-refractivity contribution in [1.82, 2.24) is 5.32 Å². The quantitative estimate of drug-likeness (QED) is 0.452. The molecule has 6 heteroatoms. The second-order valence-corrected chi connectivity index (χ2v) is 5.53. The monoisotopic (exact) mass is 355 g/mol. The molecule has 25 heavy (non-hydrogen) atoms. The normalized spacial score (nSPS) is 10.7. The summed E-state index contributed by atoms with van der Waals surface area (Å²) in [4.78, 5) is 12.1. The molecule has 2 N–H and O–H groups in total. The van der Waals surface area contributed by atoms with Crippen LogP contribution >= 0.6 is 11.6 Å². The molecule has 0 heterocycles. The van der Waals surface area contributed by atoms with Gasteiger partial charge >= 0.3 is 0 Å². The first-order valence-corrected chi connectivity index (χ1v) is 8.05. The van der Waals surface area contributed by atoms with Crippen molar-refractivity contribution in [3.8, 4) is 11.8 Å². The fraction of sp³-hybridized carbons (Fsp3) is 0.158. The molecule has 0 aliphatic heterocycles. The summed E-state index contributed by atoms with van der Waals surface area (Å²) in [5.41, 5.74) is 1.48. The number of rotatable bonds is 7. The Morgan fingerprint density at radius 1 is 1.24 bits per heavy atom. The fourth-order valence-corrected chi connectivity index (χ4v) is 2.37. The van der Waals surface area contributed by atoms with Crippen LogP contribution in [0.1, 0.15) is 5.56 Å². The number of para-hydroxylation sites is 2. The molecule has 1 amide bonds. The first-order valence-electron chi connectivity index (χ1n) is 7.67. The number of benzene rings is 2. The zero-order valence-electron chi connectivity index (χ0n) is 13.8. The third-order valence-corrected chi connectivity index (χ3v) is 3.79. The minimum Gasteiger partial charge on any atom is -0.496 e. The Balaban J connectivity index is 1.93. The molecule has 2 aromatic carbocycles. The number of carbonyl (C=O) groups is 1. The van der Waals surface area contributed by atoms with E-state index >= 15 is 0 Å². The van der Waals surface area contributed by atoms with Gasteiger partial charge in [-0.05, 0) is 30.2 Å². The predicted octanol–water partition coefficient (Wildman–Crippen LogP) is 3.53. The van der Waals surface area contributed by atoms with E-state index in [4.69, 9.17) is 16.3 Å². The van der Waals surface area contributed by atoms with Crippen LogP contribution in [0, 0.1) is 11.3 Å². The van der Waals surface area contributed by atoms with Crippen LogP contribution in [0.3, 0.4) is 0 Å². The number of ether oxygens (including phenoxy) is 1. The number of halogens is 1. The van der Waals surface area contributed by atoms with Crippen molar-refractivity contribution in [2.75, 3.05) is 19.0 Å². The van der Waals surface area contributed by atoms with E-state index in [2.05, 4.69) is 10.6 Å². The van der Waals surface area contributed by atoms with Gasteiger partial charge in [0, 0.05) is 12.7 Å². The Morgan fingerprint density at radius 3 is 2.68 bits per heavy atom. The van der Waals surface area contributed by atoms with E-state index in [1.807, 2.05) is 30.3 Å². The zero-order chi connectivity index (χ0) is 18.1. The van der Waals surface area contributed by atoms with Gasteiger partial charge in [0.1, 0.15) is 17.4 Å². The summed E-state index contributed by atoms with van der Waals surface area (Å²) in [5.74, 6) is 0.297. The van der Waals surface area contributed by atoms with Gasteiger partial charge in [-0.2, -0.15) is 5.26 Å². The lowest BCUT2D eigenvalue weighted by atomic mass is 10.1. The number of methoxy groups -OCH3 is 1. The van der Waals surface area contributed by atoms with E-state index in [9.17, 15) is 10.1 Å². The van der Waals surface area contributed by atoms with E-state index in [0.29, 0.717) is 23.7 Å². The van der Waals surface area contributed by atoms with Gasteiger partial charge in [-0.3, -0.25) is 4.79 Å². The van der Waals surface area contributed by atoms with Crippen molar-refractivity contribution in [2.24, 2.45) is 0 Å². The van der Waals surface area contributed by atoms with Gasteiger partial charge in [-0.1, -0.05) is 41.9 Å². The lowest BCUT2D eigenvalue weighted by molar-refractivity contribution is -0.112. The molecule has 2 aromatic rings.